The third-order valence-corrected chi connectivity index (χ3v) is 9.74. The van der Waals surface area contributed by atoms with Gasteiger partial charge < -0.3 is 5.32 Å². The van der Waals surface area contributed by atoms with Gasteiger partial charge in [0.1, 0.15) is 0 Å². The maximum Gasteiger partial charge on any atom is 0.264 e. The molecule has 0 atom stereocenters. The van der Waals surface area contributed by atoms with E-state index in [1.54, 1.807) is 12.1 Å². The summed E-state index contributed by atoms with van der Waals surface area (Å²) in [5.41, 5.74) is 1.15. The summed E-state index contributed by atoms with van der Waals surface area (Å²) < 4.78 is 53.6. The van der Waals surface area contributed by atoms with Crippen LogP contribution in [0.1, 0.15) is 23.2 Å². The molecule has 3 aromatic carbocycles. The smallest absolute Gasteiger partial charge is 0.264 e. The van der Waals surface area contributed by atoms with Gasteiger partial charge in [0.25, 0.3) is 15.9 Å². The van der Waals surface area contributed by atoms with Crippen molar-refractivity contribution in [2.24, 2.45) is 0 Å². The highest BCUT2D eigenvalue weighted by molar-refractivity contribution is 7.92. The third kappa shape index (κ3) is 5.35. The molecule has 3 aromatic rings. The molecular weight excluding hydrogens is 510 g/mol. The second-order valence-corrected chi connectivity index (χ2v) is 12.4. The minimum atomic E-state index is -3.79. The number of nitrogens with zero attached hydrogens (tertiary/aromatic N) is 2. The van der Waals surface area contributed by atoms with Crippen molar-refractivity contribution in [1.82, 2.24) is 4.31 Å². The summed E-state index contributed by atoms with van der Waals surface area (Å²) in [6.45, 7) is 1.04. The van der Waals surface area contributed by atoms with Crippen molar-refractivity contribution >= 4 is 48.9 Å². The number of sulfonamides is 2. The Labute approximate surface area is 210 Å². The molecule has 1 aliphatic rings. The van der Waals surface area contributed by atoms with Crippen molar-refractivity contribution in [3.63, 3.8) is 0 Å². The average Bonchev–Trinajstić information content (AvgIpc) is 3.40. The second kappa shape index (κ2) is 9.98. The van der Waals surface area contributed by atoms with Crippen LogP contribution in [0.2, 0.25) is 5.02 Å². The Morgan fingerprint density at radius 2 is 1.37 bits per heavy atom. The highest BCUT2D eigenvalue weighted by Crippen LogP contribution is 2.25. The van der Waals surface area contributed by atoms with E-state index >= 15 is 0 Å². The van der Waals surface area contributed by atoms with Gasteiger partial charge in [-0.3, -0.25) is 9.10 Å². The molecule has 0 spiro atoms. The van der Waals surface area contributed by atoms with Crippen LogP contribution in [-0.4, -0.2) is 47.2 Å². The molecule has 1 N–H and O–H groups in total. The Morgan fingerprint density at radius 3 is 1.94 bits per heavy atom. The van der Waals surface area contributed by atoms with Gasteiger partial charge in [0.05, 0.1) is 15.5 Å². The maximum atomic E-state index is 12.8. The fourth-order valence-electron chi connectivity index (χ4n) is 3.72. The Balaban J connectivity index is 1.44. The molecule has 0 radical (unpaired) electrons. The first-order chi connectivity index (χ1) is 16.6. The molecule has 0 saturated carbocycles. The summed E-state index contributed by atoms with van der Waals surface area (Å²) in [6, 6.07) is 18.0. The van der Waals surface area contributed by atoms with Gasteiger partial charge in [0.2, 0.25) is 10.0 Å². The lowest BCUT2D eigenvalue weighted by Crippen LogP contribution is -2.27. The summed E-state index contributed by atoms with van der Waals surface area (Å²) in [5.74, 6) is -0.407. The van der Waals surface area contributed by atoms with Crippen molar-refractivity contribution in [3.8, 4) is 0 Å². The molecule has 1 amide bonds. The number of halogens is 1. The number of carbonyl (C=O) groups excluding carboxylic acids is 1. The number of anilines is 2. The number of hydrogen-bond donors (Lipinski definition) is 1. The zero-order chi connectivity index (χ0) is 25.2. The molecule has 11 heteroatoms. The Hall–Kier alpha value is -2.92. The minimum absolute atomic E-state index is 0.0985. The number of rotatable bonds is 7. The van der Waals surface area contributed by atoms with Gasteiger partial charge in [-0.15, -0.1) is 0 Å². The third-order valence-electron chi connectivity index (χ3n) is 5.78. The van der Waals surface area contributed by atoms with Gasteiger partial charge in [0, 0.05) is 36.4 Å². The molecule has 1 saturated heterocycles. The summed E-state index contributed by atoms with van der Waals surface area (Å²) in [5, 5.41) is 3.16. The predicted octanol–water partition coefficient (Wildman–Crippen LogP) is 4.20. The molecule has 35 heavy (non-hydrogen) atoms. The van der Waals surface area contributed by atoms with Gasteiger partial charge in [-0.2, -0.15) is 4.31 Å². The van der Waals surface area contributed by atoms with Crippen LogP contribution in [0.15, 0.2) is 82.6 Å². The van der Waals surface area contributed by atoms with E-state index in [1.807, 2.05) is 0 Å². The molecule has 1 aliphatic heterocycles. The van der Waals surface area contributed by atoms with Crippen molar-refractivity contribution in [2.45, 2.75) is 22.6 Å². The van der Waals surface area contributed by atoms with E-state index in [1.165, 1.54) is 72.0 Å². The van der Waals surface area contributed by atoms with Gasteiger partial charge in [0.15, 0.2) is 0 Å². The molecule has 184 valence electrons. The van der Waals surface area contributed by atoms with E-state index in [0.29, 0.717) is 35.1 Å². The number of hydrogen-bond acceptors (Lipinski definition) is 5. The highest BCUT2D eigenvalue weighted by Gasteiger charge is 2.27. The first-order valence-electron chi connectivity index (χ1n) is 10.9. The first-order valence-corrected chi connectivity index (χ1v) is 14.1. The Morgan fingerprint density at radius 1 is 0.829 bits per heavy atom. The molecule has 1 heterocycles. The van der Waals surface area contributed by atoms with E-state index in [4.69, 9.17) is 11.6 Å². The number of benzene rings is 3. The van der Waals surface area contributed by atoms with Crippen LogP contribution in [0.3, 0.4) is 0 Å². The van der Waals surface area contributed by atoms with Crippen molar-refractivity contribution in [2.75, 3.05) is 29.8 Å². The number of nitrogens with one attached hydrogen (secondary N) is 1. The van der Waals surface area contributed by atoms with E-state index in [2.05, 4.69) is 5.32 Å². The van der Waals surface area contributed by atoms with Gasteiger partial charge in [-0.1, -0.05) is 11.6 Å². The van der Waals surface area contributed by atoms with Gasteiger partial charge in [-0.25, -0.2) is 16.8 Å². The minimum Gasteiger partial charge on any atom is -0.322 e. The molecule has 0 aliphatic carbocycles. The van der Waals surface area contributed by atoms with E-state index in [9.17, 15) is 21.6 Å². The monoisotopic (exact) mass is 533 g/mol. The van der Waals surface area contributed by atoms with Crippen LogP contribution in [-0.2, 0) is 20.0 Å². The maximum absolute atomic E-state index is 12.8. The summed E-state index contributed by atoms with van der Waals surface area (Å²) in [7, 11) is -5.89. The second-order valence-electron chi connectivity index (χ2n) is 8.06. The van der Waals surface area contributed by atoms with E-state index < -0.39 is 26.0 Å². The number of carbonyl (C=O) groups is 1. The van der Waals surface area contributed by atoms with Crippen LogP contribution >= 0.6 is 11.6 Å². The fourth-order valence-corrected chi connectivity index (χ4v) is 6.56. The first kappa shape index (κ1) is 25.2. The molecular formula is C24H24ClN3O5S2. The largest absolute Gasteiger partial charge is 0.322 e. The lowest BCUT2D eigenvalue weighted by atomic mass is 10.2. The van der Waals surface area contributed by atoms with E-state index in [0.717, 1.165) is 17.1 Å². The Bertz CT molecular complexity index is 1420. The zero-order valence-corrected chi connectivity index (χ0v) is 21.3. The van der Waals surface area contributed by atoms with Gasteiger partial charge >= 0.3 is 0 Å². The average molecular weight is 534 g/mol. The van der Waals surface area contributed by atoms with Crippen molar-refractivity contribution in [1.29, 1.82) is 0 Å². The summed E-state index contributed by atoms with van der Waals surface area (Å²) in [4.78, 5) is 12.9. The fraction of sp³-hybridized carbons (Fsp3) is 0.208. The van der Waals surface area contributed by atoms with E-state index in [-0.39, 0.29) is 9.79 Å². The normalized spacial score (nSPS) is 14.6. The van der Waals surface area contributed by atoms with Crippen LogP contribution in [0, 0.1) is 0 Å². The molecule has 8 nitrogen and oxygen atoms in total. The quantitative estimate of drug-likeness (QED) is 0.490. The molecule has 0 unspecified atom stereocenters. The van der Waals surface area contributed by atoms with Crippen LogP contribution in [0.5, 0.6) is 0 Å². The van der Waals surface area contributed by atoms with Crippen LogP contribution in [0.25, 0.3) is 0 Å². The standard InChI is InChI=1S/C24H24ClN3O5S2/c1-27(34(30,31)22-12-6-19(25)7-13-22)21-10-4-18(5-11-21)24(29)26-20-8-14-23(15-9-20)35(32,33)28-16-2-3-17-28/h4-15H,2-3,16-17H2,1H3,(H,26,29). The summed E-state index contributed by atoms with van der Waals surface area (Å²) in [6.07, 6.45) is 1.71. The van der Waals surface area contributed by atoms with Crippen LogP contribution < -0.4 is 9.62 Å². The molecule has 0 aromatic heterocycles. The van der Waals surface area contributed by atoms with Gasteiger partial charge in [-0.05, 0) is 85.6 Å². The topological polar surface area (TPSA) is 104 Å². The molecule has 0 bridgehead atoms. The lowest BCUT2D eigenvalue weighted by Gasteiger charge is -2.20. The summed E-state index contributed by atoms with van der Waals surface area (Å²) >= 11 is 5.84. The zero-order valence-electron chi connectivity index (χ0n) is 18.9. The Kier molecular flexibility index (Phi) is 7.18. The molecule has 1 fully saturated rings. The highest BCUT2D eigenvalue weighted by atomic mass is 35.5. The SMILES string of the molecule is CN(c1ccc(C(=O)Nc2ccc(S(=O)(=O)N3CCCC3)cc2)cc1)S(=O)(=O)c1ccc(Cl)cc1. The predicted molar refractivity (Wildman–Crippen MR) is 136 cm³/mol. The van der Waals surface area contributed by atoms with Crippen molar-refractivity contribution < 1.29 is 21.6 Å². The number of amides is 1. The molecule has 4 rings (SSSR count). The van der Waals surface area contributed by atoms with Crippen LogP contribution in [0.4, 0.5) is 11.4 Å². The lowest BCUT2D eigenvalue weighted by molar-refractivity contribution is 0.102. The van der Waals surface area contributed by atoms with Crippen molar-refractivity contribution in [3.05, 3.63) is 83.4 Å².